The van der Waals surface area contributed by atoms with Gasteiger partial charge in [-0.15, -0.1) is 0 Å². The summed E-state index contributed by atoms with van der Waals surface area (Å²) >= 11 is 0. The maximum absolute atomic E-state index is 10.7. The van der Waals surface area contributed by atoms with Crippen molar-refractivity contribution in [3.8, 4) is 0 Å². The molecule has 0 spiro atoms. The Balaban J connectivity index is 3.44. The molecule has 0 radical (unpaired) electrons. The molecule has 0 aromatic heterocycles. The molecular weight excluding hydrogens is 162 g/mol. The quantitative estimate of drug-likeness (QED) is 0.613. The van der Waals surface area contributed by atoms with Crippen LogP contribution in [0.3, 0.4) is 0 Å². The molecule has 2 N–H and O–H groups in total. The third-order valence-corrected chi connectivity index (χ3v) is 0.765. The lowest BCUT2D eigenvalue weighted by molar-refractivity contribution is -0.0672. The highest BCUT2D eigenvalue weighted by molar-refractivity contribution is 5.65. The Kier molecular flexibility index (Phi) is 4.61. The van der Waals surface area contributed by atoms with Gasteiger partial charge in [-0.3, -0.25) is 4.84 Å². The van der Waals surface area contributed by atoms with Crippen molar-refractivity contribution in [1.29, 1.82) is 0 Å². The van der Waals surface area contributed by atoms with E-state index in [9.17, 15) is 4.79 Å². The monoisotopic (exact) mass is 177 g/mol. The number of carbonyl (C=O) groups is 1. The van der Waals surface area contributed by atoms with Crippen LogP contribution in [0.2, 0.25) is 0 Å². The highest BCUT2D eigenvalue weighted by atomic mass is 16.7. The van der Waals surface area contributed by atoms with Crippen molar-refractivity contribution < 1.29 is 19.5 Å². The van der Waals surface area contributed by atoms with Gasteiger partial charge in [0.2, 0.25) is 0 Å². The standard InChI is InChI=1S/C7H15NO4/c1-7(2,3)12-8-6(10)11-5-4-9/h9H,4-5H2,1-3H3,(H,8,10). The van der Waals surface area contributed by atoms with Crippen LogP contribution in [-0.4, -0.2) is 30.0 Å². The second kappa shape index (κ2) is 4.95. The van der Waals surface area contributed by atoms with E-state index in [0.717, 1.165) is 0 Å². The summed E-state index contributed by atoms with van der Waals surface area (Å²) in [6.07, 6.45) is -0.695. The smallest absolute Gasteiger partial charge is 0.431 e. The third kappa shape index (κ3) is 7.30. The van der Waals surface area contributed by atoms with E-state index in [2.05, 4.69) is 10.2 Å². The largest absolute Gasteiger partial charge is 0.446 e. The molecule has 0 aliphatic rings. The normalized spacial score (nSPS) is 11.0. The van der Waals surface area contributed by atoms with Gasteiger partial charge in [-0.25, -0.2) is 4.79 Å². The van der Waals surface area contributed by atoms with Crippen LogP contribution in [0.15, 0.2) is 0 Å². The van der Waals surface area contributed by atoms with Gasteiger partial charge in [-0.05, 0) is 20.8 Å². The Labute approximate surface area is 71.6 Å². The van der Waals surface area contributed by atoms with E-state index < -0.39 is 11.7 Å². The van der Waals surface area contributed by atoms with Crippen LogP contribution in [0.25, 0.3) is 0 Å². The van der Waals surface area contributed by atoms with E-state index >= 15 is 0 Å². The van der Waals surface area contributed by atoms with Crippen molar-refractivity contribution in [3.05, 3.63) is 0 Å². The number of aliphatic hydroxyl groups excluding tert-OH is 1. The summed E-state index contributed by atoms with van der Waals surface area (Å²) in [6.45, 7) is 5.15. The van der Waals surface area contributed by atoms with Gasteiger partial charge in [0, 0.05) is 0 Å². The first-order valence-electron chi connectivity index (χ1n) is 3.67. The molecule has 0 bridgehead atoms. The Morgan fingerprint density at radius 1 is 1.50 bits per heavy atom. The average molecular weight is 177 g/mol. The van der Waals surface area contributed by atoms with Crippen molar-refractivity contribution >= 4 is 6.09 Å². The van der Waals surface area contributed by atoms with E-state index in [1.165, 1.54) is 0 Å². The number of carbonyl (C=O) groups excluding carboxylic acids is 1. The number of hydrogen-bond donors (Lipinski definition) is 2. The first-order valence-corrected chi connectivity index (χ1v) is 3.67. The lowest BCUT2D eigenvalue weighted by atomic mass is 10.2. The molecule has 0 unspecified atom stereocenters. The number of amides is 1. The minimum atomic E-state index is -0.695. The molecule has 0 atom stereocenters. The van der Waals surface area contributed by atoms with Crippen molar-refractivity contribution in [3.63, 3.8) is 0 Å². The zero-order valence-corrected chi connectivity index (χ0v) is 7.59. The first kappa shape index (κ1) is 11.2. The number of hydrogen-bond acceptors (Lipinski definition) is 4. The maximum atomic E-state index is 10.7. The Hall–Kier alpha value is -0.810. The summed E-state index contributed by atoms with van der Waals surface area (Å²) in [7, 11) is 0. The zero-order chi connectivity index (χ0) is 9.61. The van der Waals surface area contributed by atoms with Gasteiger partial charge < -0.3 is 9.84 Å². The van der Waals surface area contributed by atoms with Gasteiger partial charge in [0.15, 0.2) is 0 Å². The van der Waals surface area contributed by atoms with Gasteiger partial charge in [-0.1, -0.05) is 0 Å². The second-order valence-corrected chi connectivity index (χ2v) is 3.18. The molecule has 1 amide bonds. The van der Waals surface area contributed by atoms with E-state index in [0.29, 0.717) is 0 Å². The molecule has 0 aromatic carbocycles. The van der Waals surface area contributed by atoms with Crippen LogP contribution >= 0.6 is 0 Å². The molecule has 0 saturated carbocycles. The number of ether oxygens (including phenoxy) is 1. The molecule has 0 fully saturated rings. The summed E-state index contributed by atoms with van der Waals surface area (Å²) in [5.74, 6) is 0. The fraction of sp³-hybridized carbons (Fsp3) is 0.857. The van der Waals surface area contributed by atoms with Gasteiger partial charge in [0.25, 0.3) is 0 Å². The number of aliphatic hydroxyl groups is 1. The lowest BCUT2D eigenvalue weighted by Gasteiger charge is -2.18. The number of hydroxylamine groups is 1. The fourth-order valence-corrected chi connectivity index (χ4v) is 0.363. The third-order valence-electron chi connectivity index (χ3n) is 0.765. The van der Waals surface area contributed by atoms with E-state index in [1.54, 1.807) is 20.8 Å². The van der Waals surface area contributed by atoms with Crippen LogP contribution in [0.4, 0.5) is 4.79 Å². The molecule has 5 nitrogen and oxygen atoms in total. The van der Waals surface area contributed by atoms with Gasteiger partial charge in [0.1, 0.15) is 6.61 Å². The highest BCUT2D eigenvalue weighted by Gasteiger charge is 2.12. The molecule has 12 heavy (non-hydrogen) atoms. The average Bonchev–Trinajstić information content (AvgIpc) is 1.95. The molecule has 0 saturated heterocycles. The van der Waals surface area contributed by atoms with E-state index in [1.807, 2.05) is 0 Å². The second-order valence-electron chi connectivity index (χ2n) is 3.18. The van der Waals surface area contributed by atoms with Crippen LogP contribution in [0.5, 0.6) is 0 Å². The first-order chi connectivity index (χ1) is 5.45. The highest BCUT2D eigenvalue weighted by Crippen LogP contribution is 2.03. The Morgan fingerprint density at radius 2 is 2.08 bits per heavy atom. The molecule has 0 heterocycles. The summed E-state index contributed by atoms with van der Waals surface area (Å²) in [4.78, 5) is 15.6. The number of nitrogens with one attached hydrogen (secondary N) is 1. The number of rotatable bonds is 3. The minimum absolute atomic E-state index is 0.0284. The van der Waals surface area contributed by atoms with Gasteiger partial charge in [0.05, 0.1) is 12.2 Å². The lowest BCUT2D eigenvalue weighted by Crippen LogP contribution is -2.34. The van der Waals surface area contributed by atoms with Crippen LogP contribution in [0.1, 0.15) is 20.8 Å². The maximum Gasteiger partial charge on any atom is 0.431 e. The molecule has 5 heteroatoms. The van der Waals surface area contributed by atoms with Gasteiger partial charge in [-0.2, -0.15) is 5.48 Å². The van der Waals surface area contributed by atoms with E-state index in [4.69, 9.17) is 9.94 Å². The van der Waals surface area contributed by atoms with Crippen LogP contribution in [0, 0.1) is 0 Å². The fourth-order valence-electron chi connectivity index (χ4n) is 0.363. The summed E-state index contributed by atoms with van der Waals surface area (Å²) < 4.78 is 4.46. The van der Waals surface area contributed by atoms with Crippen LogP contribution < -0.4 is 5.48 Å². The summed E-state index contributed by atoms with van der Waals surface area (Å²) in [5.41, 5.74) is 1.64. The molecule has 0 aromatic rings. The SMILES string of the molecule is CC(C)(C)ONC(=O)OCCO. The van der Waals surface area contributed by atoms with Gasteiger partial charge >= 0.3 is 6.09 Å². The summed E-state index contributed by atoms with van der Waals surface area (Å²) in [6, 6.07) is 0. The van der Waals surface area contributed by atoms with Crippen molar-refractivity contribution in [2.45, 2.75) is 26.4 Å². The van der Waals surface area contributed by atoms with E-state index in [-0.39, 0.29) is 13.2 Å². The topological polar surface area (TPSA) is 67.8 Å². The zero-order valence-electron chi connectivity index (χ0n) is 7.59. The molecule has 0 rings (SSSR count). The predicted octanol–water partition coefficient (Wildman–Crippen LogP) is 0.435. The van der Waals surface area contributed by atoms with Crippen LogP contribution in [-0.2, 0) is 9.57 Å². The molecule has 0 aliphatic heterocycles. The molecule has 0 aliphatic carbocycles. The minimum Gasteiger partial charge on any atom is -0.446 e. The van der Waals surface area contributed by atoms with Crippen molar-refractivity contribution in [2.75, 3.05) is 13.2 Å². The molecule has 72 valence electrons. The Morgan fingerprint density at radius 3 is 2.50 bits per heavy atom. The van der Waals surface area contributed by atoms with Crippen molar-refractivity contribution in [1.82, 2.24) is 5.48 Å². The van der Waals surface area contributed by atoms with Crippen molar-refractivity contribution in [2.24, 2.45) is 0 Å². The summed E-state index contributed by atoms with van der Waals surface area (Å²) in [5, 5.41) is 8.30. The molecular formula is C7H15NO4. The Bertz CT molecular complexity index is 141. The predicted molar refractivity (Wildman–Crippen MR) is 42.4 cm³/mol.